The van der Waals surface area contributed by atoms with Crippen LogP contribution in [0.2, 0.25) is 0 Å². The second-order valence-corrected chi connectivity index (χ2v) is 10.1. The lowest BCUT2D eigenvalue weighted by molar-refractivity contribution is -0.139. The molecule has 0 saturated heterocycles. The standard InChI is InChI=1S/C30H28N4O4S/c1-4-9-23-26(29(36)38-5-2)27(19-10-8-11-21(16-19)37-3)34-28(35)25(39-30(34)32-23)17-20-18-33(15-14-31)24-13-7-6-12-22(20)24/h6-8,10-13,16-18,27H,4-5,9,15H2,1-3H3/b25-17-/t27-/m1/s1. The molecule has 0 radical (unpaired) electrons. The Balaban J connectivity index is 1.78. The first-order valence-electron chi connectivity index (χ1n) is 12.8. The maximum absolute atomic E-state index is 14.0. The summed E-state index contributed by atoms with van der Waals surface area (Å²) in [6, 6.07) is 16.7. The first-order chi connectivity index (χ1) is 19.0. The molecule has 0 bridgehead atoms. The molecule has 0 saturated carbocycles. The largest absolute Gasteiger partial charge is 0.497 e. The van der Waals surface area contributed by atoms with Crippen molar-refractivity contribution in [2.24, 2.45) is 4.99 Å². The van der Waals surface area contributed by atoms with Gasteiger partial charge in [0.1, 0.15) is 12.3 Å². The second-order valence-electron chi connectivity index (χ2n) is 9.08. The van der Waals surface area contributed by atoms with Crippen LogP contribution >= 0.6 is 11.3 Å². The molecule has 2 aromatic carbocycles. The van der Waals surface area contributed by atoms with Crippen molar-refractivity contribution in [2.45, 2.75) is 39.3 Å². The molecule has 1 atom stereocenters. The quantitative estimate of drug-likeness (QED) is 0.314. The number of carbonyl (C=O) groups is 1. The lowest BCUT2D eigenvalue weighted by Gasteiger charge is -2.26. The molecule has 8 nitrogen and oxygen atoms in total. The third kappa shape index (κ3) is 4.79. The number of nitriles is 1. The first-order valence-corrected chi connectivity index (χ1v) is 13.6. The molecular formula is C30H28N4O4S. The number of rotatable bonds is 8. The number of allylic oxidation sites excluding steroid dienone is 1. The fourth-order valence-corrected chi connectivity index (χ4v) is 6.00. The highest BCUT2D eigenvalue weighted by Crippen LogP contribution is 2.34. The molecule has 9 heteroatoms. The van der Waals surface area contributed by atoms with Gasteiger partial charge in [0.2, 0.25) is 0 Å². The fourth-order valence-electron chi connectivity index (χ4n) is 4.99. The maximum atomic E-state index is 14.0. The Bertz CT molecular complexity index is 1820. The highest BCUT2D eigenvalue weighted by atomic mass is 32.1. The normalized spacial score (nSPS) is 15.1. The molecule has 1 aliphatic rings. The van der Waals surface area contributed by atoms with Crippen molar-refractivity contribution in [3.63, 3.8) is 0 Å². The molecule has 0 aliphatic carbocycles. The monoisotopic (exact) mass is 540 g/mol. The molecule has 5 rings (SSSR count). The van der Waals surface area contributed by atoms with Crippen molar-refractivity contribution in [2.75, 3.05) is 13.7 Å². The predicted molar refractivity (Wildman–Crippen MR) is 150 cm³/mol. The smallest absolute Gasteiger partial charge is 0.338 e. The van der Waals surface area contributed by atoms with Gasteiger partial charge in [0.25, 0.3) is 5.56 Å². The highest BCUT2D eigenvalue weighted by molar-refractivity contribution is 7.07. The van der Waals surface area contributed by atoms with Crippen molar-refractivity contribution < 1.29 is 14.3 Å². The van der Waals surface area contributed by atoms with Gasteiger partial charge in [-0.25, -0.2) is 9.79 Å². The number of aromatic nitrogens is 2. The molecule has 2 aromatic heterocycles. The van der Waals surface area contributed by atoms with Gasteiger partial charge in [-0.3, -0.25) is 9.36 Å². The molecule has 1 aliphatic heterocycles. The summed E-state index contributed by atoms with van der Waals surface area (Å²) < 4.78 is 14.9. The van der Waals surface area contributed by atoms with Gasteiger partial charge in [-0.15, -0.1) is 0 Å². The van der Waals surface area contributed by atoms with Gasteiger partial charge in [-0.1, -0.05) is 55.0 Å². The van der Waals surface area contributed by atoms with Crippen LogP contribution in [0.15, 0.2) is 75.8 Å². The molecule has 39 heavy (non-hydrogen) atoms. The number of nitrogens with zero attached hydrogens (tertiary/aromatic N) is 4. The van der Waals surface area contributed by atoms with Crippen LogP contribution in [0.25, 0.3) is 17.0 Å². The molecule has 0 fully saturated rings. The summed E-state index contributed by atoms with van der Waals surface area (Å²) in [7, 11) is 1.58. The summed E-state index contributed by atoms with van der Waals surface area (Å²) in [6.07, 6.45) is 5.08. The molecule has 4 aromatic rings. The van der Waals surface area contributed by atoms with Crippen LogP contribution in [-0.2, 0) is 16.1 Å². The summed E-state index contributed by atoms with van der Waals surface area (Å²) in [5, 5.41) is 10.2. The van der Waals surface area contributed by atoms with Crippen molar-refractivity contribution >= 4 is 34.3 Å². The Hall–Kier alpha value is -4.42. The third-order valence-electron chi connectivity index (χ3n) is 6.65. The van der Waals surface area contributed by atoms with E-state index in [1.165, 1.54) is 11.3 Å². The van der Waals surface area contributed by atoms with Crippen LogP contribution in [0.4, 0.5) is 0 Å². The number of hydrogen-bond donors (Lipinski definition) is 0. The molecule has 3 heterocycles. The van der Waals surface area contributed by atoms with Crippen LogP contribution < -0.4 is 19.6 Å². The number of fused-ring (bicyclic) bond motifs is 2. The fraction of sp³-hybridized carbons (Fsp3) is 0.267. The Morgan fingerprint density at radius 3 is 2.77 bits per heavy atom. The Morgan fingerprint density at radius 1 is 1.21 bits per heavy atom. The minimum Gasteiger partial charge on any atom is -0.497 e. The van der Waals surface area contributed by atoms with Crippen LogP contribution in [0.5, 0.6) is 5.75 Å². The van der Waals surface area contributed by atoms with E-state index in [1.54, 1.807) is 18.6 Å². The van der Waals surface area contributed by atoms with Gasteiger partial charge in [0.15, 0.2) is 4.80 Å². The Kier molecular flexibility index (Phi) is 7.48. The van der Waals surface area contributed by atoms with Gasteiger partial charge in [-0.05, 0) is 43.2 Å². The summed E-state index contributed by atoms with van der Waals surface area (Å²) in [5.74, 6) is 0.142. The van der Waals surface area contributed by atoms with E-state index in [1.807, 2.05) is 72.3 Å². The van der Waals surface area contributed by atoms with E-state index in [-0.39, 0.29) is 18.7 Å². The number of hydrogen-bond acceptors (Lipinski definition) is 7. The van der Waals surface area contributed by atoms with Gasteiger partial charge >= 0.3 is 5.97 Å². The van der Waals surface area contributed by atoms with Crippen molar-refractivity contribution in [1.29, 1.82) is 5.26 Å². The van der Waals surface area contributed by atoms with E-state index in [4.69, 9.17) is 14.5 Å². The SMILES string of the molecule is CCCC1=C(C(=O)OCC)[C@@H](c2cccc(OC)c2)n2c(s/c(=C\c3cn(CC#N)c4ccccc34)c2=O)=N1. The van der Waals surface area contributed by atoms with Gasteiger partial charge in [-0.2, -0.15) is 5.26 Å². The van der Waals surface area contributed by atoms with E-state index >= 15 is 0 Å². The molecule has 0 unspecified atom stereocenters. The zero-order valence-electron chi connectivity index (χ0n) is 22.0. The van der Waals surface area contributed by atoms with Crippen LogP contribution in [0.1, 0.15) is 43.9 Å². The number of ether oxygens (including phenoxy) is 2. The zero-order valence-corrected chi connectivity index (χ0v) is 22.8. The van der Waals surface area contributed by atoms with E-state index in [0.717, 1.165) is 28.5 Å². The molecule has 0 N–H and O–H groups in total. The van der Waals surface area contributed by atoms with E-state index in [9.17, 15) is 14.9 Å². The molecule has 0 amide bonds. The maximum Gasteiger partial charge on any atom is 0.338 e. The van der Waals surface area contributed by atoms with Crippen LogP contribution in [0, 0.1) is 11.3 Å². The van der Waals surface area contributed by atoms with E-state index in [0.29, 0.717) is 32.8 Å². The average Bonchev–Trinajstić information content (AvgIpc) is 3.45. The number of para-hydroxylation sites is 1. The minimum atomic E-state index is -0.709. The third-order valence-corrected chi connectivity index (χ3v) is 7.63. The number of carbonyl (C=O) groups excluding carboxylic acids is 1. The lowest BCUT2D eigenvalue weighted by Crippen LogP contribution is -2.40. The average molecular weight is 541 g/mol. The topological polar surface area (TPSA) is 98.6 Å². The first kappa shape index (κ1) is 26.2. The summed E-state index contributed by atoms with van der Waals surface area (Å²) in [4.78, 5) is 32.7. The summed E-state index contributed by atoms with van der Waals surface area (Å²) in [6.45, 7) is 4.20. The lowest BCUT2D eigenvalue weighted by atomic mass is 9.94. The van der Waals surface area contributed by atoms with E-state index < -0.39 is 12.0 Å². The zero-order chi connectivity index (χ0) is 27.5. The number of methoxy groups -OCH3 is 1. The van der Waals surface area contributed by atoms with Crippen LogP contribution in [0.3, 0.4) is 0 Å². The molecular weight excluding hydrogens is 512 g/mol. The number of thiazole rings is 1. The summed E-state index contributed by atoms with van der Waals surface area (Å²) in [5.41, 5.74) is 3.24. The Labute approximate surface area is 229 Å². The van der Waals surface area contributed by atoms with Crippen LogP contribution in [-0.4, -0.2) is 28.8 Å². The number of esters is 1. The van der Waals surface area contributed by atoms with Crippen molar-refractivity contribution in [3.05, 3.63) is 96.8 Å². The summed E-state index contributed by atoms with van der Waals surface area (Å²) >= 11 is 1.29. The Morgan fingerprint density at radius 2 is 2.03 bits per heavy atom. The highest BCUT2D eigenvalue weighted by Gasteiger charge is 2.34. The van der Waals surface area contributed by atoms with Gasteiger partial charge in [0, 0.05) is 22.7 Å². The van der Waals surface area contributed by atoms with Gasteiger partial charge in [0.05, 0.1) is 41.6 Å². The molecule has 0 spiro atoms. The van der Waals surface area contributed by atoms with Crippen molar-refractivity contribution in [3.8, 4) is 11.8 Å². The molecule has 198 valence electrons. The number of benzene rings is 2. The van der Waals surface area contributed by atoms with Crippen molar-refractivity contribution in [1.82, 2.24) is 9.13 Å². The minimum absolute atomic E-state index is 0.203. The predicted octanol–water partition coefficient (Wildman–Crippen LogP) is 4.07. The van der Waals surface area contributed by atoms with Gasteiger partial charge < -0.3 is 14.0 Å². The van der Waals surface area contributed by atoms with E-state index in [2.05, 4.69) is 6.07 Å². The second kappa shape index (κ2) is 11.1.